The van der Waals surface area contributed by atoms with Crippen molar-refractivity contribution in [2.45, 2.75) is 65.2 Å². The van der Waals surface area contributed by atoms with E-state index in [2.05, 4.69) is 82.0 Å². The van der Waals surface area contributed by atoms with Gasteiger partial charge in [-0.05, 0) is 96.1 Å². The maximum atomic E-state index is 4.70. The van der Waals surface area contributed by atoms with Crippen molar-refractivity contribution in [3.8, 4) is 0 Å². The number of allylic oxidation sites excluding steroid dienone is 7. The summed E-state index contributed by atoms with van der Waals surface area (Å²) in [4.78, 5) is 0. The minimum absolute atomic E-state index is 0.309. The Hall–Kier alpha value is -2.86. The van der Waals surface area contributed by atoms with Crippen molar-refractivity contribution < 1.29 is 0 Å². The van der Waals surface area contributed by atoms with Crippen LogP contribution in [-0.4, -0.2) is 0 Å². The summed E-state index contributed by atoms with van der Waals surface area (Å²) in [6, 6.07) is 16.0. The summed E-state index contributed by atoms with van der Waals surface area (Å²) in [7, 11) is 0. The summed E-state index contributed by atoms with van der Waals surface area (Å²) < 4.78 is 0. The molecule has 0 spiro atoms. The van der Waals surface area contributed by atoms with Gasteiger partial charge in [0, 0.05) is 11.8 Å². The van der Waals surface area contributed by atoms with Gasteiger partial charge >= 0.3 is 0 Å². The molecule has 168 valence electrons. The van der Waals surface area contributed by atoms with Gasteiger partial charge in [-0.25, -0.2) is 0 Å². The molecular formula is C33H36. The first-order valence-electron chi connectivity index (χ1n) is 12.6. The van der Waals surface area contributed by atoms with Gasteiger partial charge in [0.2, 0.25) is 0 Å². The van der Waals surface area contributed by atoms with Crippen LogP contribution in [-0.2, 0) is 12.8 Å². The quantitative estimate of drug-likeness (QED) is 0.442. The summed E-state index contributed by atoms with van der Waals surface area (Å²) >= 11 is 0. The Morgan fingerprint density at radius 2 is 1.82 bits per heavy atom. The topological polar surface area (TPSA) is 0 Å². The second-order valence-electron chi connectivity index (χ2n) is 10.2. The molecule has 0 saturated heterocycles. The lowest BCUT2D eigenvalue weighted by atomic mass is 9.68. The molecule has 0 heterocycles. The average Bonchev–Trinajstić information content (AvgIpc) is 3.37. The van der Waals surface area contributed by atoms with E-state index in [9.17, 15) is 0 Å². The van der Waals surface area contributed by atoms with Crippen LogP contribution in [0.25, 0.3) is 6.08 Å². The minimum Gasteiger partial charge on any atom is -0.0955 e. The van der Waals surface area contributed by atoms with Gasteiger partial charge in [0.1, 0.15) is 0 Å². The number of aryl methyl sites for hydroxylation is 3. The van der Waals surface area contributed by atoms with E-state index in [1.54, 1.807) is 0 Å². The normalized spacial score (nSPS) is 23.1. The van der Waals surface area contributed by atoms with Crippen LogP contribution >= 0.6 is 0 Å². The van der Waals surface area contributed by atoms with Crippen LogP contribution in [0.5, 0.6) is 0 Å². The van der Waals surface area contributed by atoms with E-state index >= 15 is 0 Å². The molecule has 3 aliphatic rings. The first kappa shape index (κ1) is 22.0. The number of fused-ring (bicyclic) bond motifs is 2. The van der Waals surface area contributed by atoms with Gasteiger partial charge in [0.25, 0.3) is 0 Å². The average molecular weight is 433 g/mol. The Morgan fingerprint density at radius 3 is 2.61 bits per heavy atom. The first-order valence-corrected chi connectivity index (χ1v) is 12.6. The number of rotatable bonds is 5. The Balaban J connectivity index is 1.58. The molecular weight excluding hydrogens is 396 g/mol. The largest absolute Gasteiger partial charge is 0.0955 e. The lowest BCUT2D eigenvalue weighted by Gasteiger charge is -2.35. The number of benzene rings is 2. The molecule has 2 atom stereocenters. The maximum Gasteiger partial charge on any atom is 0.0203 e. The second-order valence-corrected chi connectivity index (χ2v) is 10.2. The summed E-state index contributed by atoms with van der Waals surface area (Å²) in [5, 5.41) is 0. The molecule has 2 aromatic carbocycles. The van der Waals surface area contributed by atoms with Gasteiger partial charge in [-0.1, -0.05) is 92.3 Å². The fraction of sp³-hybridized carbons (Fsp3) is 0.333. The molecule has 1 fully saturated rings. The van der Waals surface area contributed by atoms with Crippen LogP contribution in [0.4, 0.5) is 0 Å². The summed E-state index contributed by atoms with van der Waals surface area (Å²) in [5.74, 6) is 0.641. The fourth-order valence-electron chi connectivity index (χ4n) is 6.42. The van der Waals surface area contributed by atoms with Gasteiger partial charge < -0.3 is 0 Å². The molecule has 3 aliphatic carbocycles. The van der Waals surface area contributed by atoms with Crippen LogP contribution in [0.15, 0.2) is 95.1 Å². The van der Waals surface area contributed by atoms with E-state index in [-0.39, 0.29) is 0 Å². The van der Waals surface area contributed by atoms with Gasteiger partial charge in [-0.2, -0.15) is 0 Å². The molecule has 0 aromatic heterocycles. The Morgan fingerprint density at radius 1 is 1.03 bits per heavy atom. The SMILES string of the molecule is C=C(CCC)C1=C(C)C=C2C/C(=C\c3ccc4c(c3)CCC4)C(=C)C2C1c1ccccc1C. The molecule has 2 aromatic rings. The Kier molecular flexibility index (Phi) is 5.87. The first-order chi connectivity index (χ1) is 16.0. The third kappa shape index (κ3) is 3.90. The highest BCUT2D eigenvalue weighted by molar-refractivity contribution is 5.68. The van der Waals surface area contributed by atoms with E-state index < -0.39 is 0 Å². The highest BCUT2D eigenvalue weighted by Crippen LogP contribution is 2.55. The molecule has 0 radical (unpaired) electrons. The van der Waals surface area contributed by atoms with E-state index in [1.165, 1.54) is 80.5 Å². The Bertz CT molecular complexity index is 1230. The van der Waals surface area contributed by atoms with Crippen LogP contribution < -0.4 is 0 Å². The van der Waals surface area contributed by atoms with Crippen LogP contribution in [0, 0.1) is 12.8 Å². The van der Waals surface area contributed by atoms with Gasteiger partial charge in [0.05, 0.1) is 0 Å². The standard InChI is InChI=1S/C33H36/c1-6-10-22(3)31-23(4)17-29-20-28(19-25-15-16-26-12-9-13-27(26)18-25)24(5)32(29)33(31)30-14-8-7-11-21(30)2/h7-8,11,14-19,32-33H,3,5-6,9-10,12-13,20H2,1-2,4H3/b28-19+. The minimum atomic E-state index is 0.309. The summed E-state index contributed by atoms with van der Waals surface area (Å²) in [6.45, 7) is 16.0. The van der Waals surface area contributed by atoms with Crippen LogP contribution in [0.3, 0.4) is 0 Å². The highest BCUT2D eigenvalue weighted by Gasteiger charge is 2.41. The van der Waals surface area contributed by atoms with E-state index in [0.29, 0.717) is 11.8 Å². The van der Waals surface area contributed by atoms with Crippen molar-refractivity contribution in [1.82, 2.24) is 0 Å². The summed E-state index contributed by atoms with van der Waals surface area (Å²) in [5.41, 5.74) is 15.5. The molecule has 33 heavy (non-hydrogen) atoms. The lowest BCUT2D eigenvalue weighted by molar-refractivity contribution is 0.616. The molecule has 0 bridgehead atoms. The Labute approximate surface area is 200 Å². The second kappa shape index (κ2) is 8.82. The predicted molar refractivity (Wildman–Crippen MR) is 142 cm³/mol. The van der Waals surface area contributed by atoms with Crippen LogP contribution in [0.2, 0.25) is 0 Å². The van der Waals surface area contributed by atoms with E-state index in [4.69, 9.17) is 6.58 Å². The molecule has 0 amide bonds. The fourth-order valence-corrected chi connectivity index (χ4v) is 6.42. The van der Waals surface area contributed by atoms with Crippen molar-refractivity contribution in [3.63, 3.8) is 0 Å². The molecule has 1 saturated carbocycles. The van der Waals surface area contributed by atoms with Crippen molar-refractivity contribution in [2.24, 2.45) is 5.92 Å². The third-order valence-electron chi connectivity index (χ3n) is 7.97. The van der Waals surface area contributed by atoms with Crippen LogP contribution in [0.1, 0.15) is 73.3 Å². The molecule has 5 rings (SSSR count). The summed E-state index contributed by atoms with van der Waals surface area (Å²) in [6.07, 6.45) is 11.8. The lowest BCUT2D eigenvalue weighted by Crippen LogP contribution is -2.21. The van der Waals surface area contributed by atoms with E-state index in [0.717, 1.165) is 19.3 Å². The molecule has 0 N–H and O–H groups in total. The monoisotopic (exact) mass is 432 g/mol. The molecule has 0 heteroatoms. The van der Waals surface area contributed by atoms with Crippen molar-refractivity contribution >= 4 is 6.08 Å². The number of hydrogen-bond donors (Lipinski definition) is 0. The van der Waals surface area contributed by atoms with Crippen molar-refractivity contribution in [2.75, 3.05) is 0 Å². The van der Waals surface area contributed by atoms with Crippen molar-refractivity contribution in [1.29, 1.82) is 0 Å². The van der Waals surface area contributed by atoms with E-state index in [1.807, 2.05) is 0 Å². The van der Waals surface area contributed by atoms with Crippen molar-refractivity contribution in [3.05, 3.63) is 123 Å². The maximum absolute atomic E-state index is 4.70. The van der Waals surface area contributed by atoms with Gasteiger partial charge in [0.15, 0.2) is 0 Å². The molecule has 0 aliphatic heterocycles. The van der Waals surface area contributed by atoms with Gasteiger partial charge in [-0.3, -0.25) is 0 Å². The molecule has 2 unspecified atom stereocenters. The van der Waals surface area contributed by atoms with Gasteiger partial charge in [-0.15, -0.1) is 0 Å². The third-order valence-corrected chi connectivity index (χ3v) is 7.97. The zero-order valence-corrected chi connectivity index (χ0v) is 20.5. The highest BCUT2D eigenvalue weighted by atomic mass is 14.4. The zero-order valence-electron chi connectivity index (χ0n) is 20.5. The smallest absolute Gasteiger partial charge is 0.0203 e. The number of hydrogen-bond acceptors (Lipinski definition) is 0. The zero-order chi connectivity index (χ0) is 23.1. The predicted octanol–water partition coefficient (Wildman–Crippen LogP) is 8.84. The molecule has 0 nitrogen and oxygen atoms in total.